The molecule has 22 heavy (non-hydrogen) atoms. The smallest absolute Gasteiger partial charge is 0.335 e. The number of carboxylic acid groups (broad SMARTS) is 1. The normalized spacial score (nSPS) is 14.9. The molecule has 1 aliphatic heterocycles. The van der Waals surface area contributed by atoms with Crippen LogP contribution in [0.25, 0.3) is 0 Å². The van der Waals surface area contributed by atoms with E-state index in [4.69, 9.17) is 10.8 Å². The van der Waals surface area contributed by atoms with Gasteiger partial charge in [-0.15, -0.1) is 0 Å². The van der Waals surface area contributed by atoms with E-state index in [1.807, 2.05) is 18.2 Å². The summed E-state index contributed by atoms with van der Waals surface area (Å²) in [5.74, 6) is 0.0275. The van der Waals surface area contributed by atoms with Gasteiger partial charge in [0.15, 0.2) is 0 Å². The van der Waals surface area contributed by atoms with Crippen LogP contribution < -0.4 is 15.5 Å². The highest BCUT2D eigenvalue weighted by atomic mass is 16.4. The predicted molar refractivity (Wildman–Crippen MR) is 86.5 cm³/mol. The minimum absolute atomic E-state index is 0.320. The van der Waals surface area contributed by atoms with Gasteiger partial charge in [0, 0.05) is 31.9 Å². The zero-order valence-electron chi connectivity index (χ0n) is 12.1. The lowest BCUT2D eigenvalue weighted by Gasteiger charge is -2.36. The Labute approximate surface area is 128 Å². The van der Waals surface area contributed by atoms with E-state index in [1.54, 1.807) is 24.4 Å². The first-order chi connectivity index (χ1) is 10.6. The first kappa shape index (κ1) is 14.2. The number of aromatic nitrogens is 1. The van der Waals surface area contributed by atoms with Crippen LogP contribution in [-0.4, -0.2) is 42.2 Å². The molecule has 3 N–H and O–H groups in total. The van der Waals surface area contributed by atoms with Crippen LogP contribution in [0.15, 0.2) is 42.6 Å². The molecule has 0 spiro atoms. The van der Waals surface area contributed by atoms with Crippen LogP contribution in [0.3, 0.4) is 0 Å². The Bertz CT molecular complexity index is 664. The Balaban J connectivity index is 1.67. The fraction of sp³-hybridized carbons (Fsp3) is 0.250. The highest BCUT2D eigenvalue weighted by Gasteiger charge is 2.18. The first-order valence-corrected chi connectivity index (χ1v) is 7.18. The SMILES string of the molecule is Nc1ccc(N2CCN(c3cccc(C(=O)O)c3)CC2)nc1. The molecule has 1 fully saturated rings. The van der Waals surface area contributed by atoms with E-state index < -0.39 is 5.97 Å². The highest BCUT2D eigenvalue weighted by molar-refractivity contribution is 5.88. The summed E-state index contributed by atoms with van der Waals surface area (Å²) < 4.78 is 0. The molecule has 0 saturated carbocycles. The molecule has 1 aliphatic rings. The molecule has 0 bridgehead atoms. The second-order valence-electron chi connectivity index (χ2n) is 5.28. The van der Waals surface area contributed by atoms with Gasteiger partial charge in [0.1, 0.15) is 5.82 Å². The summed E-state index contributed by atoms with van der Waals surface area (Å²) in [7, 11) is 0. The third-order valence-electron chi connectivity index (χ3n) is 3.83. The maximum Gasteiger partial charge on any atom is 0.335 e. The average molecular weight is 298 g/mol. The lowest BCUT2D eigenvalue weighted by molar-refractivity contribution is 0.0697. The number of piperazine rings is 1. The molecule has 6 nitrogen and oxygen atoms in total. The van der Waals surface area contributed by atoms with Crippen molar-refractivity contribution in [2.45, 2.75) is 0 Å². The summed E-state index contributed by atoms with van der Waals surface area (Å²) in [5, 5.41) is 9.08. The number of carboxylic acids is 1. The van der Waals surface area contributed by atoms with E-state index in [9.17, 15) is 4.79 Å². The molecule has 1 saturated heterocycles. The standard InChI is InChI=1S/C16H18N4O2/c17-13-4-5-15(18-11-13)20-8-6-19(7-9-20)14-3-1-2-12(10-14)16(21)22/h1-5,10-11H,6-9,17H2,(H,21,22). The summed E-state index contributed by atoms with van der Waals surface area (Å²) in [6.07, 6.45) is 1.66. The van der Waals surface area contributed by atoms with Crippen LogP contribution in [0, 0.1) is 0 Å². The van der Waals surface area contributed by atoms with Gasteiger partial charge in [-0.2, -0.15) is 0 Å². The van der Waals surface area contributed by atoms with Gasteiger partial charge in [-0.25, -0.2) is 9.78 Å². The highest BCUT2D eigenvalue weighted by Crippen LogP contribution is 2.20. The van der Waals surface area contributed by atoms with E-state index in [0.717, 1.165) is 37.7 Å². The van der Waals surface area contributed by atoms with E-state index in [-0.39, 0.29) is 0 Å². The van der Waals surface area contributed by atoms with Crippen molar-refractivity contribution in [1.29, 1.82) is 0 Å². The van der Waals surface area contributed by atoms with Crippen molar-refractivity contribution < 1.29 is 9.90 Å². The molecule has 3 rings (SSSR count). The first-order valence-electron chi connectivity index (χ1n) is 7.18. The molecule has 2 aromatic rings. The molecule has 0 aliphatic carbocycles. The number of pyridine rings is 1. The Hall–Kier alpha value is -2.76. The second kappa shape index (κ2) is 5.93. The van der Waals surface area contributed by atoms with E-state index >= 15 is 0 Å². The topological polar surface area (TPSA) is 82.7 Å². The van der Waals surface area contributed by atoms with Gasteiger partial charge >= 0.3 is 5.97 Å². The second-order valence-corrected chi connectivity index (χ2v) is 5.28. The largest absolute Gasteiger partial charge is 0.478 e. The molecule has 0 unspecified atom stereocenters. The van der Waals surface area contributed by atoms with Gasteiger partial charge in [-0.05, 0) is 30.3 Å². The number of nitrogens with two attached hydrogens (primary N) is 1. The molecule has 1 aromatic heterocycles. The molecule has 0 amide bonds. The molecule has 1 aromatic carbocycles. The van der Waals surface area contributed by atoms with E-state index in [2.05, 4.69) is 14.8 Å². The number of anilines is 3. The van der Waals surface area contributed by atoms with Crippen LogP contribution in [0.2, 0.25) is 0 Å². The number of benzene rings is 1. The summed E-state index contributed by atoms with van der Waals surface area (Å²) in [5.41, 5.74) is 7.58. The summed E-state index contributed by atoms with van der Waals surface area (Å²) in [6.45, 7) is 3.34. The monoisotopic (exact) mass is 298 g/mol. The molecule has 6 heteroatoms. The van der Waals surface area contributed by atoms with Gasteiger partial charge in [-0.1, -0.05) is 6.07 Å². The molecule has 114 valence electrons. The number of aromatic carboxylic acids is 1. The summed E-state index contributed by atoms with van der Waals surface area (Å²) >= 11 is 0. The van der Waals surface area contributed by atoms with Crippen LogP contribution in [-0.2, 0) is 0 Å². The lowest BCUT2D eigenvalue weighted by atomic mass is 10.1. The fourth-order valence-corrected chi connectivity index (χ4v) is 2.61. The van der Waals surface area contributed by atoms with E-state index in [0.29, 0.717) is 11.3 Å². The van der Waals surface area contributed by atoms with Gasteiger partial charge < -0.3 is 20.6 Å². The third kappa shape index (κ3) is 2.95. The quantitative estimate of drug-likeness (QED) is 0.897. The maximum atomic E-state index is 11.1. The Morgan fingerprint density at radius 1 is 1.09 bits per heavy atom. The lowest BCUT2D eigenvalue weighted by Crippen LogP contribution is -2.46. The van der Waals surface area contributed by atoms with Crippen molar-refractivity contribution in [3.63, 3.8) is 0 Å². The average Bonchev–Trinajstić information content (AvgIpc) is 2.56. The van der Waals surface area contributed by atoms with Crippen molar-refractivity contribution in [3.8, 4) is 0 Å². The summed E-state index contributed by atoms with van der Waals surface area (Å²) in [6, 6.07) is 10.8. The fourth-order valence-electron chi connectivity index (χ4n) is 2.61. The molecular weight excluding hydrogens is 280 g/mol. The van der Waals surface area contributed by atoms with Crippen LogP contribution >= 0.6 is 0 Å². The Morgan fingerprint density at radius 3 is 2.45 bits per heavy atom. The number of nitrogen functional groups attached to an aromatic ring is 1. The number of nitrogens with zero attached hydrogens (tertiary/aromatic N) is 3. The maximum absolute atomic E-state index is 11.1. The third-order valence-corrected chi connectivity index (χ3v) is 3.83. The minimum atomic E-state index is -0.897. The van der Waals surface area contributed by atoms with Crippen LogP contribution in [0.1, 0.15) is 10.4 Å². The van der Waals surface area contributed by atoms with Crippen molar-refractivity contribution >= 4 is 23.2 Å². The van der Waals surface area contributed by atoms with Crippen molar-refractivity contribution in [1.82, 2.24) is 4.98 Å². The Kier molecular flexibility index (Phi) is 3.82. The zero-order valence-corrected chi connectivity index (χ0v) is 12.1. The van der Waals surface area contributed by atoms with E-state index in [1.165, 1.54) is 0 Å². The van der Waals surface area contributed by atoms with Crippen molar-refractivity contribution in [2.75, 3.05) is 41.7 Å². The molecular formula is C16H18N4O2. The van der Waals surface area contributed by atoms with Crippen molar-refractivity contribution in [2.24, 2.45) is 0 Å². The van der Waals surface area contributed by atoms with Crippen LogP contribution in [0.4, 0.5) is 17.2 Å². The number of rotatable bonds is 3. The Morgan fingerprint density at radius 2 is 1.82 bits per heavy atom. The number of hydrogen-bond donors (Lipinski definition) is 2. The predicted octanol–water partition coefficient (Wildman–Crippen LogP) is 1.69. The summed E-state index contributed by atoms with van der Waals surface area (Å²) in [4.78, 5) is 19.8. The van der Waals surface area contributed by atoms with Gasteiger partial charge in [0.05, 0.1) is 17.4 Å². The molecule has 0 radical (unpaired) electrons. The van der Waals surface area contributed by atoms with Crippen molar-refractivity contribution in [3.05, 3.63) is 48.2 Å². The van der Waals surface area contributed by atoms with Crippen LogP contribution in [0.5, 0.6) is 0 Å². The van der Waals surface area contributed by atoms with Gasteiger partial charge in [-0.3, -0.25) is 0 Å². The molecule has 2 heterocycles. The van der Waals surface area contributed by atoms with Gasteiger partial charge in [0.2, 0.25) is 0 Å². The number of carbonyl (C=O) groups is 1. The minimum Gasteiger partial charge on any atom is -0.478 e. The number of hydrogen-bond acceptors (Lipinski definition) is 5. The molecule has 0 atom stereocenters. The van der Waals surface area contributed by atoms with Gasteiger partial charge in [0.25, 0.3) is 0 Å². The zero-order chi connectivity index (χ0) is 15.5.